The third-order valence-electron chi connectivity index (χ3n) is 2.24. The van der Waals surface area contributed by atoms with Gasteiger partial charge in [0.25, 0.3) is 0 Å². The molecule has 0 spiro atoms. The van der Waals surface area contributed by atoms with Crippen LogP contribution in [0.2, 0.25) is 0 Å². The highest BCUT2D eigenvalue weighted by Gasteiger charge is 2.11. The fourth-order valence-electron chi connectivity index (χ4n) is 1.38. The van der Waals surface area contributed by atoms with Gasteiger partial charge in [-0.2, -0.15) is 0 Å². The molecule has 0 bridgehead atoms. The lowest BCUT2D eigenvalue weighted by atomic mass is 10.3. The molecule has 1 heterocycles. The van der Waals surface area contributed by atoms with Crippen LogP contribution in [0, 0.1) is 11.6 Å². The fraction of sp³-hybridized carbons (Fsp3) is 0. The predicted octanol–water partition coefficient (Wildman–Crippen LogP) is 2.61. The minimum Gasteiger partial charge on any atom is -0.409 e. The minimum absolute atomic E-state index is 0.148. The van der Waals surface area contributed by atoms with Crippen molar-refractivity contribution >= 4 is 17.6 Å². The van der Waals surface area contributed by atoms with Crippen LogP contribution in [0.4, 0.5) is 8.78 Å². The van der Waals surface area contributed by atoms with Crippen LogP contribution in [0.5, 0.6) is 0 Å². The molecule has 1 aromatic heterocycles. The molecule has 1 aromatic carbocycles. The second-order valence-electron chi connectivity index (χ2n) is 3.51. The Balaban J connectivity index is 2.35. The molecule has 19 heavy (non-hydrogen) atoms. The van der Waals surface area contributed by atoms with Crippen molar-refractivity contribution in [3.63, 3.8) is 0 Å². The molecule has 0 saturated carbocycles. The quantitative estimate of drug-likeness (QED) is 0.392. The zero-order chi connectivity index (χ0) is 13.8. The Morgan fingerprint density at radius 1 is 1.26 bits per heavy atom. The molecule has 0 atom stereocenters. The van der Waals surface area contributed by atoms with Gasteiger partial charge in [-0.15, -0.1) is 0 Å². The van der Waals surface area contributed by atoms with Crippen molar-refractivity contribution in [2.75, 3.05) is 0 Å². The summed E-state index contributed by atoms with van der Waals surface area (Å²) in [6, 6.07) is 6.90. The molecule has 3 N–H and O–H groups in total. The molecule has 0 fully saturated rings. The minimum atomic E-state index is -0.931. The van der Waals surface area contributed by atoms with Gasteiger partial charge in [0, 0.05) is 16.0 Å². The smallest absolute Gasteiger partial charge is 0.189 e. The molecule has 0 aliphatic heterocycles. The number of nitrogens with zero attached hydrogens (tertiary/aromatic N) is 2. The van der Waals surface area contributed by atoms with E-state index in [1.165, 1.54) is 12.3 Å². The lowest BCUT2D eigenvalue weighted by Crippen LogP contribution is -2.15. The van der Waals surface area contributed by atoms with E-state index in [2.05, 4.69) is 10.1 Å². The average Bonchev–Trinajstić information content (AvgIpc) is 2.43. The van der Waals surface area contributed by atoms with E-state index < -0.39 is 11.6 Å². The molecule has 2 aromatic rings. The third-order valence-corrected chi connectivity index (χ3v) is 3.28. The number of rotatable bonds is 3. The fourth-order valence-corrected chi connectivity index (χ4v) is 2.33. The normalized spacial score (nSPS) is 11.6. The first-order valence-corrected chi connectivity index (χ1v) is 5.99. The number of benzene rings is 1. The Kier molecular flexibility index (Phi) is 3.96. The molecule has 7 heteroatoms. The first kappa shape index (κ1) is 13.3. The number of hydrogen-bond donors (Lipinski definition) is 2. The van der Waals surface area contributed by atoms with Crippen molar-refractivity contribution in [2.24, 2.45) is 10.9 Å². The summed E-state index contributed by atoms with van der Waals surface area (Å²) in [5.41, 5.74) is 5.77. The summed E-state index contributed by atoms with van der Waals surface area (Å²) >= 11 is 1.14. The largest absolute Gasteiger partial charge is 0.409 e. The summed E-state index contributed by atoms with van der Waals surface area (Å²) in [6.45, 7) is 0. The average molecular weight is 281 g/mol. The van der Waals surface area contributed by atoms with Crippen molar-refractivity contribution in [3.8, 4) is 0 Å². The summed E-state index contributed by atoms with van der Waals surface area (Å²) in [6.07, 6.45) is 1.49. The zero-order valence-corrected chi connectivity index (χ0v) is 10.4. The highest BCUT2D eigenvalue weighted by atomic mass is 32.2. The molecule has 0 aliphatic carbocycles. The van der Waals surface area contributed by atoms with Crippen LogP contribution in [0.15, 0.2) is 51.5 Å². The van der Waals surface area contributed by atoms with Gasteiger partial charge in [-0.05, 0) is 30.3 Å². The van der Waals surface area contributed by atoms with Gasteiger partial charge >= 0.3 is 0 Å². The summed E-state index contributed by atoms with van der Waals surface area (Å²) in [5, 5.41) is 11.5. The van der Waals surface area contributed by atoms with Crippen LogP contribution in [-0.2, 0) is 0 Å². The molecule has 4 nitrogen and oxygen atoms in total. The Labute approximate surface area is 112 Å². The van der Waals surface area contributed by atoms with E-state index in [4.69, 9.17) is 10.9 Å². The van der Waals surface area contributed by atoms with E-state index in [1.54, 1.807) is 12.1 Å². The van der Waals surface area contributed by atoms with Gasteiger partial charge in [0.1, 0.15) is 5.69 Å². The summed E-state index contributed by atoms with van der Waals surface area (Å²) in [7, 11) is 0. The Morgan fingerprint density at radius 2 is 2.05 bits per heavy atom. The van der Waals surface area contributed by atoms with Crippen molar-refractivity contribution in [1.82, 2.24) is 4.98 Å². The van der Waals surface area contributed by atoms with E-state index >= 15 is 0 Å². The Morgan fingerprint density at radius 3 is 2.74 bits per heavy atom. The van der Waals surface area contributed by atoms with E-state index in [0.717, 1.165) is 23.9 Å². The third kappa shape index (κ3) is 3.00. The Bertz CT molecular complexity index is 634. The number of oxime groups is 1. The van der Waals surface area contributed by atoms with Crippen LogP contribution in [-0.4, -0.2) is 16.0 Å². The van der Waals surface area contributed by atoms with Gasteiger partial charge < -0.3 is 10.9 Å². The van der Waals surface area contributed by atoms with Gasteiger partial charge in [0.05, 0.1) is 0 Å². The van der Waals surface area contributed by atoms with Gasteiger partial charge in [-0.3, -0.25) is 4.98 Å². The Hall–Kier alpha value is -2.15. The number of halogens is 2. The molecular formula is C12H9F2N3OS. The molecule has 0 saturated heterocycles. The number of pyridine rings is 1. The molecule has 0 unspecified atom stereocenters. The van der Waals surface area contributed by atoms with E-state index in [-0.39, 0.29) is 11.5 Å². The number of nitrogens with two attached hydrogens (primary N) is 1. The SMILES string of the molecule is N/C(=N/O)c1ncccc1Sc1ccc(F)c(F)c1. The van der Waals surface area contributed by atoms with Crippen LogP contribution in [0.3, 0.4) is 0 Å². The molecule has 2 rings (SSSR count). The maximum Gasteiger partial charge on any atom is 0.189 e. The summed E-state index contributed by atoms with van der Waals surface area (Å²) < 4.78 is 25.9. The van der Waals surface area contributed by atoms with Gasteiger partial charge in [-0.1, -0.05) is 16.9 Å². The highest BCUT2D eigenvalue weighted by molar-refractivity contribution is 7.99. The number of amidine groups is 1. The zero-order valence-electron chi connectivity index (χ0n) is 9.55. The van der Waals surface area contributed by atoms with Crippen LogP contribution in [0.1, 0.15) is 5.69 Å². The van der Waals surface area contributed by atoms with E-state index in [1.807, 2.05) is 0 Å². The first-order chi connectivity index (χ1) is 9.11. The summed E-state index contributed by atoms with van der Waals surface area (Å²) in [5.74, 6) is -1.99. The maximum atomic E-state index is 13.1. The predicted molar refractivity (Wildman–Crippen MR) is 67.2 cm³/mol. The van der Waals surface area contributed by atoms with Gasteiger partial charge in [0.2, 0.25) is 0 Å². The second-order valence-corrected chi connectivity index (χ2v) is 4.63. The standard InChI is InChI=1S/C12H9F2N3OS/c13-8-4-3-7(6-9(8)14)19-10-2-1-5-16-11(10)12(15)17-18/h1-6,18H,(H2,15,17). The topological polar surface area (TPSA) is 71.5 Å². The molecule has 0 aliphatic rings. The second kappa shape index (κ2) is 5.66. The monoisotopic (exact) mass is 281 g/mol. The molecule has 98 valence electrons. The lowest BCUT2D eigenvalue weighted by molar-refractivity contribution is 0.318. The van der Waals surface area contributed by atoms with Crippen molar-refractivity contribution in [1.29, 1.82) is 0 Å². The van der Waals surface area contributed by atoms with E-state index in [9.17, 15) is 8.78 Å². The number of aromatic nitrogens is 1. The van der Waals surface area contributed by atoms with Crippen LogP contribution < -0.4 is 5.73 Å². The van der Waals surface area contributed by atoms with Crippen LogP contribution in [0.25, 0.3) is 0 Å². The van der Waals surface area contributed by atoms with Crippen molar-refractivity contribution in [3.05, 3.63) is 53.9 Å². The van der Waals surface area contributed by atoms with Crippen molar-refractivity contribution < 1.29 is 14.0 Å². The molecular weight excluding hydrogens is 272 g/mol. The number of hydrogen-bond acceptors (Lipinski definition) is 4. The highest BCUT2D eigenvalue weighted by Crippen LogP contribution is 2.30. The maximum absolute atomic E-state index is 13.1. The van der Waals surface area contributed by atoms with Crippen LogP contribution >= 0.6 is 11.8 Å². The van der Waals surface area contributed by atoms with Crippen molar-refractivity contribution in [2.45, 2.75) is 9.79 Å². The first-order valence-electron chi connectivity index (χ1n) is 5.17. The van der Waals surface area contributed by atoms with Gasteiger partial charge in [-0.25, -0.2) is 8.78 Å². The lowest BCUT2D eigenvalue weighted by Gasteiger charge is -2.06. The summed E-state index contributed by atoms with van der Waals surface area (Å²) in [4.78, 5) is 5.04. The van der Waals surface area contributed by atoms with E-state index in [0.29, 0.717) is 9.79 Å². The van der Waals surface area contributed by atoms with Gasteiger partial charge in [0.15, 0.2) is 17.5 Å². The molecule has 0 amide bonds. The molecule has 0 radical (unpaired) electrons.